The molecule has 6 nitrogen and oxygen atoms in total. The molecular formula is C15H23N3O3. The van der Waals surface area contributed by atoms with Crippen molar-refractivity contribution in [1.29, 1.82) is 0 Å². The van der Waals surface area contributed by atoms with E-state index < -0.39 is 18.6 Å². The van der Waals surface area contributed by atoms with Gasteiger partial charge < -0.3 is 9.67 Å². The maximum absolute atomic E-state index is 12.6. The summed E-state index contributed by atoms with van der Waals surface area (Å²) in [6, 6.07) is 0. The van der Waals surface area contributed by atoms with Crippen LogP contribution in [0, 0.1) is 6.92 Å². The molecule has 0 saturated heterocycles. The van der Waals surface area contributed by atoms with Gasteiger partial charge in [-0.2, -0.15) is 0 Å². The van der Waals surface area contributed by atoms with Crippen LogP contribution in [0.1, 0.15) is 37.2 Å². The van der Waals surface area contributed by atoms with Gasteiger partial charge in [-0.3, -0.25) is 13.9 Å². The number of rotatable bonds is 5. The molecule has 0 aliphatic heterocycles. The van der Waals surface area contributed by atoms with Gasteiger partial charge in [0.2, 0.25) is 0 Å². The molecule has 2 aromatic rings. The third-order valence-electron chi connectivity index (χ3n) is 3.68. The van der Waals surface area contributed by atoms with Crippen molar-refractivity contribution in [3.63, 3.8) is 0 Å². The molecule has 2 rings (SSSR count). The van der Waals surface area contributed by atoms with Crippen molar-refractivity contribution in [2.45, 2.75) is 45.7 Å². The second kappa shape index (κ2) is 5.89. The van der Waals surface area contributed by atoms with Gasteiger partial charge in [0.05, 0.1) is 12.8 Å². The molecule has 1 atom stereocenters. The smallest absolute Gasteiger partial charge is 0.332 e. The van der Waals surface area contributed by atoms with Crippen LogP contribution in [0.4, 0.5) is 0 Å². The van der Waals surface area contributed by atoms with Crippen LogP contribution >= 0.6 is 0 Å². The number of nitrogens with zero attached hydrogens (tertiary/aromatic N) is 3. The molecule has 0 bridgehead atoms. The summed E-state index contributed by atoms with van der Waals surface area (Å²) in [5, 5.41) is 10.1. The molecule has 0 aliphatic rings. The molecule has 0 spiro atoms. The zero-order valence-electron chi connectivity index (χ0n) is 16.5. The lowest BCUT2D eigenvalue weighted by atomic mass is 10.2. The molecule has 1 unspecified atom stereocenters. The monoisotopic (exact) mass is 297 g/mol. The standard InChI is InChI=1S/C15H23N3O3/c1-10-9-16(3)13-12(10)14(20)18(15(21)17(13)4)8-6-5-7-11(2)19/h9,11,19H,5-8H2,1-4H3/i2D3,11D. The third-order valence-corrected chi connectivity index (χ3v) is 3.68. The van der Waals surface area contributed by atoms with Crippen LogP contribution in [-0.2, 0) is 20.6 Å². The van der Waals surface area contributed by atoms with E-state index in [2.05, 4.69) is 0 Å². The molecule has 21 heavy (non-hydrogen) atoms. The highest BCUT2D eigenvalue weighted by Gasteiger charge is 2.15. The summed E-state index contributed by atoms with van der Waals surface area (Å²) in [5.41, 5.74) is 0.491. The van der Waals surface area contributed by atoms with Crippen molar-refractivity contribution in [2.75, 3.05) is 0 Å². The Balaban J connectivity index is 2.25. The number of aliphatic hydroxyl groups is 1. The lowest BCUT2D eigenvalue weighted by Gasteiger charge is -2.10. The Morgan fingerprint density at radius 2 is 2.10 bits per heavy atom. The molecule has 1 N–H and O–H groups in total. The van der Waals surface area contributed by atoms with E-state index in [1.807, 2.05) is 0 Å². The predicted molar refractivity (Wildman–Crippen MR) is 82.7 cm³/mol. The normalized spacial score (nSPS) is 17.9. The maximum atomic E-state index is 12.6. The van der Waals surface area contributed by atoms with Crippen LogP contribution in [0.5, 0.6) is 0 Å². The van der Waals surface area contributed by atoms with Crippen molar-refractivity contribution >= 4 is 11.0 Å². The van der Waals surface area contributed by atoms with Crippen molar-refractivity contribution in [1.82, 2.24) is 13.7 Å². The highest BCUT2D eigenvalue weighted by molar-refractivity contribution is 5.79. The van der Waals surface area contributed by atoms with Gasteiger partial charge >= 0.3 is 5.69 Å². The summed E-state index contributed by atoms with van der Waals surface area (Å²) < 4.78 is 33.1. The van der Waals surface area contributed by atoms with Crippen LogP contribution in [0.25, 0.3) is 11.0 Å². The van der Waals surface area contributed by atoms with Gasteiger partial charge in [0.15, 0.2) is 0 Å². The molecule has 0 fully saturated rings. The Kier molecular flexibility index (Phi) is 3.04. The van der Waals surface area contributed by atoms with Crippen molar-refractivity contribution in [3.05, 3.63) is 32.6 Å². The van der Waals surface area contributed by atoms with Crippen molar-refractivity contribution in [3.8, 4) is 0 Å². The SMILES string of the molecule is [2H]C([2H])([2H])C([2H])(O)CCCCn1c(=O)c2c(C)cn(C)c2n(C)c1=O. The lowest BCUT2D eigenvalue weighted by molar-refractivity contribution is 0.180. The van der Waals surface area contributed by atoms with E-state index in [4.69, 9.17) is 5.48 Å². The Labute approximate surface area is 128 Å². The molecule has 0 radical (unpaired) electrons. The van der Waals surface area contributed by atoms with Gasteiger partial charge in [-0.25, -0.2) is 4.79 Å². The van der Waals surface area contributed by atoms with E-state index in [0.717, 1.165) is 10.1 Å². The zero-order chi connectivity index (χ0) is 19.2. The Bertz CT molecular complexity index is 906. The van der Waals surface area contributed by atoms with Gasteiger partial charge in [-0.1, -0.05) is 0 Å². The number of fused-ring (bicyclic) bond motifs is 1. The van der Waals surface area contributed by atoms with Gasteiger partial charge in [-0.05, 0) is 38.6 Å². The largest absolute Gasteiger partial charge is 0.393 e. The fourth-order valence-corrected chi connectivity index (χ4v) is 2.69. The molecule has 116 valence electrons. The molecule has 0 aromatic carbocycles. The Morgan fingerprint density at radius 3 is 2.76 bits per heavy atom. The fraction of sp³-hybridized carbons (Fsp3) is 0.600. The Hall–Kier alpha value is -1.82. The van der Waals surface area contributed by atoms with Crippen LogP contribution in [0.2, 0.25) is 0 Å². The molecule has 0 aliphatic carbocycles. The average molecular weight is 297 g/mol. The summed E-state index contributed by atoms with van der Waals surface area (Å²) in [6.07, 6.45) is -0.482. The van der Waals surface area contributed by atoms with Crippen LogP contribution in [-0.4, -0.2) is 24.9 Å². The van der Waals surface area contributed by atoms with Gasteiger partial charge in [-0.15, -0.1) is 0 Å². The molecule has 2 heterocycles. The van der Waals surface area contributed by atoms with Gasteiger partial charge in [0.25, 0.3) is 5.56 Å². The second-order valence-electron chi connectivity index (χ2n) is 5.32. The van der Waals surface area contributed by atoms with Crippen LogP contribution < -0.4 is 11.2 Å². The molecule has 0 saturated carbocycles. The summed E-state index contributed by atoms with van der Waals surface area (Å²) >= 11 is 0. The molecule has 2 aromatic heterocycles. The minimum atomic E-state index is -2.79. The highest BCUT2D eigenvalue weighted by Crippen LogP contribution is 2.14. The van der Waals surface area contributed by atoms with E-state index in [-0.39, 0.29) is 24.9 Å². The topological polar surface area (TPSA) is 69.2 Å². The lowest BCUT2D eigenvalue weighted by Crippen LogP contribution is -2.39. The molecule has 0 amide bonds. The number of aryl methyl sites for hydroxylation is 3. The van der Waals surface area contributed by atoms with Crippen molar-refractivity contribution < 1.29 is 10.6 Å². The van der Waals surface area contributed by atoms with E-state index in [1.165, 1.54) is 4.57 Å². The van der Waals surface area contributed by atoms with E-state index >= 15 is 0 Å². The minimum absolute atomic E-state index is 0.104. The summed E-state index contributed by atoms with van der Waals surface area (Å²) in [7, 11) is 3.36. The minimum Gasteiger partial charge on any atom is -0.393 e. The first-order valence-corrected chi connectivity index (χ1v) is 6.86. The van der Waals surface area contributed by atoms with E-state index in [9.17, 15) is 14.7 Å². The van der Waals surface area contributed by atoms with E-state index in [0.29, 0.717) is 17.5 Å². The van der Waals surface area contributed by atoms with Crippen molar-refractivity contribution in [2.24, 2.45) is 14.1 Å². The van der Waals surface area contributed by atoms with E-state index in [1.54, 1.807) is 31.8 Å². The van der Waals surface area contributed by atoms with Crippen LogP contribution in [0.15, 0.2) is 15.8 Å². The average Bonchev–Trinajstić information content (AvgIpc) is 2.77. The summed E-state index contributed by atoms with van der Waals surface area (Å²) in [4.78, 5) is 25.1. The second-order valence-corrected chi connectivity index (χ2v) is 5.32. The first-order valence-electron chi connectivity index (χ1n) is 8.86. The van der Waals surface area contributed by atoms with Crippen LogP contribution in [0.3, 0.4) is 0 Å². The number of hydrogen-bond acceptors (Lipinski definition) is 3. The third kappa shape index (κ3) is 2.81. The zero-order valence-corrected chi connectivity index (χ0v) is 12.5. The molecular weight excluding hydrogens is 270 g/mol. The quantitative estimate of drug-likeness (QED) is 0.834. The summed E-state index contributed by atoms with van der Waals surface area (Å²) in [5.74, 6) is 0. The fourth-order valence-electron chi connectivity index (χ4n) is 2.69. The number of aromatic nitrogens is 3. The first-order chi connectivity index (χ1) is 11.4. The molecule has 6 heteroatoms. The number of unbranched alkanes of at least 4 members (excludes halogenated alkanes) is 1. The van der Waals surface area contributed by atoms with Gasteiger partial charge in [0, 0.05) is 30.9 Å². The Morgan fingerprint density at radius 1 is 1.38 bits per heavy atom. The predicted octanol–water partition coefficient (Wildman–Crippen LogP) is 0.898. The highest BCUT2D eigenvalue weighted by atomic mass is 16.3. The number of hydrogen-bond donors (Lipinski definition) is 1. The maximum Gasteiger partial charge on any atom is 0.332 e. The summed E-state index contributed by atoms with van der Waals surface area (Å²) in [6.45, 7) is -0.887. The first kappa shape index (κ1) is 10.8. The van der Waals surface area contributed by atoms with Gasteiger partial charge in [0.1, 0.15) is 5.65 Å².